The molecular weight excluding hydrogens is 473 g/mol. The molecule has 3 atom stereocenters. The van der Waals surface area contributed by atoms with E-state index in [-0.39, 0.29) is 29.9 Å². The molecule has 0 aromatic heterocycles. The van der Waals surface area contributed by atoms with Gasteiger partial charge in [0.2, 0.25) is 0 Å². The molecule has 4 rings (SSSR count). The number of hydrogen-bond acceptors (Lipinski definition) is 3. The summed E-state index contributed by atoms with van der Waals surface area (Å²) in [6.45, 7) is 2.96. The molecule has 0 spiro atoms. The monoisotopic (exact) mass is 509 g/mol. The first-order valence-corrected chi connectivity index (χ1v) is 12.7. The van der Waals surface area contributed by atoms with E-state index in [1.54, 1.807) is 0 Å². The minimum atomic E-state index is -2.81. The van der Waals surface area contributed by atoms with Gasteiger partial charge in [-0.05, 0) is 49.9 Å². The highest BCUT2D eigenvalue weighted by atomic mass is 127. The molecular formula is C20H36IN3O2S. The number of fused-ring (bicyclic) bond motifs is 1. The second-order valence-electron chi connectivity index (χ2n) is 9.12. The van der Waals surface area contributed by atoms with Crippen molar-refractivity contribution in [2.75, 3.05) is 31.1 Å². The van der Waals surface area contributed by atoms with Crippen LogP contribution in [0.2, 0.25) is 0 Å². The Morgan fingerprint density at radius 3 is 2.15 bits per heavy atom. The van der Waals surface area contributed by atoms with Gasteiger partial charge in [-0.1, -0.05) is 32.1 Å². The van der Waals surface area contributed by atoms with E-state index in [2.05, 4.69) is 10.2 Å². The molecule has 4 fully saturated rings. The van der Waals surface area contributed by atoms with Crippen molar-refractivity contribution in [1.29, 1.82) is 0 Å². The number of rotatable bonds is 3. The van der Waals surface area contributed by atoms with Crippen LogP contribution in [0.4, 0.5) is 0 Å². The van der Waals surface area contributed by atoms with Gasteiger partial charge in [-0.3, -0.25) is 4.99 Å². The van der Waals surface area contributed by atoms with Gasteiger partial charge in [-0.15, -0.1) is 24.0 Å². The van der Waals surface area contributed by atoms with Gasteiger partial charge < -0.3 is 10.2 Å². The number of guanidine groups is 1. The average Bonchev–Trinajstić information content (AvgIpc) is 3.22. The van der Waals surface area contributed by atoms with E-state index < -0.39 is 9.84 Å². The first-order chi connectivity index (χ1) is 12.6. The van der Waals surface area contributed by atoms with Crippen molar-refractivity contribution >= 4 is 39.8 Å². The molecule has 0 aromatic rings. The van der Waals surface area contributed by atoms with E-state index in [1.807, 2.05) is 0 Å². The number of nitrogens with zero attached hydrogens (tertiary/aromatic N) is 2. The second kappa shape index (κ2) is 9.63. The molecule has 2 aliphatic heterocycles. The van der Waals surface area contributed by atoms with E-state index in [0.29, 0.717) is 24.1 Å². The zero-order chi connectivity index (χ0) is 18.0. The van der Waals surface area contributed by atoms with E-state index in [0.717, 1.165) is 37.3 Å². The van der Waals surface area contributed by atoms with Crippen molar-refractivity contribution in [3.63, 3.8) is 0 Å². The molecule has 2 heterocycles. The number of likely N-dealkylation sites (tertiary alicyclic amines) is 1. The van der Waals surface area contributed by atoms with Crippen LogP contribution in [0, 0.1) is 17.8 Å². The van der Waals surface area contributed by atoms with Crippen molar-refractivity contribution in [2.24, 2.45) is 22.7 Å². The van der Waals surface area contributed by atoms with Crippen LogP contribution < -0.4 is 5.32 Å². The molecule has 27 heavy (non-hydrogen) atoms. The summed E-state index contributed by atoms with van der Waals surface area (Å²) in [5, 5.41) is 3.78. The van der Waals surface area contributed by atoms with Gasteiger partial charge in [-0.25, -0.2) is 8.42 Å². The molecule has 0 radical (unpaired) electrons. The van der Waals surface area contributed by atoms with Crippen LogP contribution in [0.25, 0.3) is 0 Å². The maximum atomic E-state index is 11.8. The third kappa shape index (κ3) is 5.73. The van der Waals surface area contributed by atoms with E-state index in [1.165, 1.54) is 57.8 Å². The fourth-order valence-corrected chi connectivity index (χ4v) is 7.33. The number of halogens is 1. The van der Waals surface area contributed by atoms with Crippen LogP contribution in [0.3, 0.4) is 0 Å². The van der Waals surface area contributed by atoms with Crippen LogP contribution in [0.15, 0.2) is 4.99 Å². The van der Waals surface area contributed by atoms with E-state index in [4.69, 9.17) is 4.99 Å². The van der Waals surface area contributed by atoms with Gasteiger partial charge in [0.1, 0.15) is 0 Å². The lowest BCUT2D eigenvalue weighted by molar-refractivity contribution is 0.299. The van der Waals surface area contributed by atoms with Crippen molar-refractivity contribution in [2.45, 2.75) is 70.3 Å². The van der Waals surface area contributed by atoms with Crippen LogP contribution in [-0.4, -0.2) is 56.5 Å². The molecule has 2 saturated carbocycles. The van der Waals surface area contributed by atoms with Crippen LogP contribution >= 0.6 is 24.0 Å². The van der Waals surface area contributed by atoms with Crippen molar-refractivity contribution < 1.29 is 8.42 Å². The summed E-state index contributed by atoms with van der Waals surface area (Å²) >= 11 is 0. The molecule has 2 aliphatic carbocycles. The van der Waals surface area contributed by atoms with Gasteiger partial charge in [0.25, 0.3) is 0 Å². The summed E-state index contributed by atoms with van der Waals surface area (Å²) in [6, 6.07) is 0.553. The summed E-state index contributed by atoms with van der Waals surface area (Å²) in [4.78, 5) is 7.47. The first kappa shape index (κ1) is 21.7. The van der Waals surface area contributed by atoms with Crippen LogP contribution in [0.5, 0.6) is 0 Å². The lowest BCUT2D eigenvalue weighted by Crippen LogP contribution is -2.46. The van der Waals surface area contributed by atoms with Gasteiger partial charge in [0, 0.05) is 25.7 Å². The summed E-state index contributed by atoms with van der Waals surface area (Å²) < 4.78 is 23.5. The lowest BCUT2D eigenvalue weighted by atomic mass is 9.82. The highest BCUT2D eigenvalue weighted by Gasteiger charge is 2.36. The molecule has 5 nitrogen and oxygen atoms in total. The number of aliphatic imine (C=N–C) groups is 1. The standard InChI is InChI=1S/C20H35N3O2S.HI/c24-26(25)11-10-16(15-26)12-21-20(22-19-8-2-1-3-9-19)23-13-17-6-4-5-7-18(17)14-23;/h16-19H,1-15H2,(H,21,22);1H. The van der Waals surface area contributed by atoms with Crippen molar-refractivity contribution in [3.8, 4) is 0 Å². The summed E-state index contributed by atoms with van der Waals surface area (Å²) in [5.74, 6) is 3.66. The fourth-order valence-electron chi connectivity index (χ4n) is 5.48. The predicted octanol–water partition coefficient (Wildman–Crippen LogP) is 3.44. The first-order valence-electron chi connectivity index (χ1n) is 10.9. The summed E-state index contributed by atoms with van der Waals surface area (Å²) in [7, 11) is -2.81. The summed E-state index contributed by atoms with van der Waals surface area (Å²) in [6.07, 6.45) is 12.8. The maximum Gasteiger partial charge on any atom is 0.194 e. The van der Waals surface area contributed by atoms with Crippen molar-refractivity contribution in [1.82, 2.24) is 10.2 Å². The number of sulfone groups is 1. The Hall–Kier alpha value is -0.0500. The zero-order valence-corrected chi connectivity index (χ0v) is 19.6. The van der Waals surface area contributed by atoms with Crippen LogP contribution in [0.1, 0.15) is 64.2 Å². The number of nitrogens with one attached hydrogen (secondary N) is 1. The van der Waals surface area contributed by atoms with Crippen molar-refractivity contribution in [3.05, 3.63) is 0 Å². The Labute approximate surface area is 182 Å². The van der Waals surface area contributed by atoms with Gasteiger partial charge >= 0.3 is 0 Å². The molecule has 3 unspecified atom stereocenters. The third-order valence-electron chi connectivity index (χ3n) is 7.04. The van der Waals surface area contributed by atoms with Gasteiger partial charge in [0.05, 0.1) is 11.5 Å². The Balaban J connectivity index is 0.00000210. The minimum Gasteiger partial charge on any atom is -0.354 e. The number of hydrogen-bond donors (Lipinski definition) is 1. The molecule has 0 bridgehead atoms. The average molecular weight is 509 g/mol. The molecule has 2 saturated heterocycles. The molecule has 4 aliphatic rings. The maximum absolute atomic E-state index is 11.8. The Kier molecular flexibility index (Phi) is 7.73. The zero-order valence-electron chi connectivity index (χ0n) is 16.4. The Bertz CT molecular complexity index is 605. The topological polar surface area (TPSA) is 61.8 Å². The normalized spacial score (nSPS) is 34.1. The summed E-state index contributed by atoms with van der Waals surface area (Å²) in [5.41, 5.74) is 0. The smallest absolute Gasteiger partial charge is 0.194 e. The largest absolute Gasteiger partial charge is 0.354 e. The fraction of sp³-hybridized carbons (Fsp3) is 0.950. The molecule has 7 heteroatoms. The quantitative estimate of drug-likeness (QED) is 0.360. The molecule has 0 amide bonds. The molecule has 156 valence electrons. The Morgan fingerprint density at radius 1 is 0.926 bits per heavy atom. The van der Waals surface area contributed by atoms with Crippen LogP contribution in [-0.2, 0) is 9.84 Å². The minimum absolute atomic E-state index is 0. The third-order valence-corrected chi connectivity index (χ3v) is 8.88. The van der Waals surface area contributed by atoms with Gasteiger partial charge in [-0.2, -0.15) is 0 Å². The molecule has 0 aromatic carbocycles. The lowest BCUT2D eigenvalue weighted by Gasteiger charge is -2.29. The van der Waals surface area contributed by atoms with Gasteiger partial charge in [0.15, 0.2) is 15.8 Å². The Morgan fingerprint density at radius 2 is 1.56 bits per heavy atom. The van der Waals surface area contributed by atoms with E-state index in [9.17, 15) is 8.42 Å². The highest BCUT2D eigenvalue weighted by molar-refractivity contribution is 14.0. The van der Waals surface area contributed by atoms with E-state index >= 15 is 0 Å². The SMILES string of the molecule is I.O=S1(=O)CCC(CN=C(NC2CCCCC2)N2CC3CCCCC3C2)C1. The second-order valence-corrected chi connectivity index (χ2v) is 11.4. The predicted molar refractivity (Wildman–Crippen MR) is 122 cm³/mol. The molecule has 1 N–H and O–H groups in total. The highest BCUT2D eigenvalue weighted by Crippen LogP contribution is 2.36.